The van der Waals surface area contributed by atoms with Gasteiger partial charge in [0.05, 0.1) is 19.2 Å². The molecule has 2 N–H and O–H groups in total. The predicted molar refractivity (Wildman–Crippen MR) is 52.9 cm³/mol. The third-order valence-corrected chi connectivity index (χ3v) is 2.18. The molecule has 0 amide bonds. The van der Waals surface area contributed by atoms with Crippen LogP contribution in [0.5, 0.6) is 17.2 Å². The second-order valence-corrected chi connectivity index (χ2v) is 3.11. The van der Waals surface area contributed by atoms with Gasteiger partial charge in [0.25, 0.3) is 0 Å². The Labute approximate surface area is 87.5 Å². The van der Waals surface area contributed by atoms with Gasteiger partial charge in [-0.25, -0.2) is 0 Å². The normalized spacial score (nSPS) is 13.9. The number of aromatic hydroxyl groups is 1. The molecule has 0 fully saturated rings. The smallest absolute Gasteiger partial charge is 0.169 e. The molecule has 0 unspecified atom stereocenters. The fourth-order valence-corrected chi connectivity index (χ4v) is 1.48. The number of hydrogen-bond acceptors (Lipinski definition) is 5. The zero-order valence-electron chi connectivity index (χ0n) is 8.45. The summed E-state index contributed by atoms with van der Waals surface area (Å²) in [5.74, 6) is 1.42. The van der Waals surface area contributed by atoms with E-state index in [4.69, 9.17) is 14.3 Å². The summed E-state index contributed by atoms with van der Waals surface area (Å²) in [6.45, 7) is 1.40. The van der Waals surface area contributed by atoms with Gasteiger partial charge in [0.15, 0.2) is 11.5 Å². The van der Waals surface area contributed by atoms with E-state index in [0.717, 1.165) is 0 Å². The summed E-state index contributed by atoms with van der Waals surface area (Å²) in [6.07, 6.45) is 0. The number of rotatable bonds is 3. The Kier molecular flexibility index (Phi) is 2.94. The van der Waals surface area contributed by atoms with Crippen LogP contribution < -0.4 is 15.0 Å². The fraction of sp³-hybridized carbons (Fsp3) is 0.400. The van der Waals surface area contributed by atoms with E-state index in [1.165, 1.54) is 7.11 Å². The van der Waals surface area contributed by atoms with E-state index in [-0.39, 0.29) is 5.75 Å². The van der Waals surface area contributed by atoms with Crippen molar-refractivity contribution in [1.82, 2.24) is 5.48 Å². The van der Waals surface area contributed by atoms with Crippen LogP contribution >= 0.6 is 0 Å². The first kappa shape index (κ1) is 10.1. The standard InChI is InChI=1S/C10H13NO4/c1-13-11-6-7-8(12)2-3-9-10(7)15-5-4-14-9/h2-3,11-12H,4-6H2,1H3. The number of benzene rings is 1. The highest BCUT2D eigenvalue weighted by Gasteiger charge is 2.18. The van der Waals surface area contributed by atoms with Crippen molar-refractivity contribution >= 4 is 0 Å². The maximum absolute atomic E-state index is 9.66. The second kappa shape index (κ2) is 4.37. The van der Waals surface area contributed by atoms with E-state index in [9.17, 15) is 5.11 Å². The van der Waals surface area contributed by atoms with Gasteiger partial charge in [0, 0.05) is 0 Å². The molecule has 0 spiro atoms. The number of phenols is 1. The number of fused-ring (bicyclic) bond motifs is 1. The Morgan fingerprint density at radius 2 is 2.20 bits per heavy atom. The van der Waals surface area contributed by atoms with E-state index in [1.54, 1.807) is 12.1 Å². The monoisotopic (exact) mass is 211 g/mol. The molecule has 1 aromatic carbocycles. The molecule has 1 aliphatic heterocycles. The number of phenolic OH excluding ortho intramolecular Hbond substituents is 1. The lowest BCUT2D eigenvalue weighted by molar-refractivity contribution is 0.0842. The maximum Gasteiger partial charge on any atom is 0.169 e. The van der Waals surface area contributed by atoms with Crippen LogP contribution in [-0.4, -0.2) is 25.4 Å². The van der Waals surface area contributed by atoms with Gasteiger partial charge < -0.3 is 19.4 Å². The van der Waals surface area contributed by atoms with Gasteiger partial charge in [-0.2, -0.15) is 5.48 Å². The SMILES string of the molecule is CONCc1c(O)ccc2c1OCCO2. The van der Waals surface area contributed by atoms with Crippen LogP contribution in [0, 0.1) is 0 Å². The van der Waals surface area contributed by atoms with Crippen LogP contribution in [0.15, 0.2) is 12.1 Å². The Morgan fingerprint density at radius 1 is 1.40 bits per heavy atom. The Balaban J connectivity index is 2.32. The third-order valence-electron chi connectivity index (χ3n) is 2.18. The lowest BCUT2D eigenvalue weighted by Gasteiger charge is -2.21. The summed E-state index contributed by atoms with van der Waals surface area (Å²) in [7, 11) is 1.52. The molecular formula is C10H13NO4. The predicted octanol–water partition coefficient (Wildman–Crippen LogP) is 0.814. The summed E-state index contributed by atoms with van der Waals surface area (Å²) in [5, 5.41) is 9.66. The van der Waals surface area contributed by atoms with Crippen molar-refractivity contribution in [2.75, 3.05) is 20.3 Å². The topological polar surface area (TPSA) is 60.0 Å². The number of hydrogen-bond donors (Lipinski definition) is 2. The van der Waals surface area contributed by atoms with Gasteiger partial charge in [-0.3, -0.25) is 0 Å². The van der Waals surface area contributed by atoms with Crippen LogP contribution in [0.4, 0.5) is 0 Å². The van der Waals surface area contributed by atoms with Crippen molar-refractivity contribution in [2.45, 2.75) is 6.54 Å². The highest BCUT2D eigenvalue weighted by atomic mass is 16.6. The quantitative estimate of drug-likeness (QED) is 0.725. The Bertz CT molecular complexity index is 354. The van der Waals surface area contributed by atoms with E-state index in [1.807, 2.05) is 0 Å². The molecule has 5 heteroatoms. The molecule has 15 heavy (non-hydrogen) atoms. The highest BCUT2D eigenvalue weighted by molar-refractivity contribution is 5.53. The molecule has 0 aliphatic carbocycles. The first-order valence-corrected chi connectivity index (χ1v) is 4.69. The van der Waals surface area contributed by atoms with Gasteiger partial charge in [0.2, 0.25) is 0 Å². The zero-order valence-corrected chi connectivity index (χ0v) is 8.45. The third kappa shape index (κ3) is 1.98. The van der Waals surface area contributed by atoms with Crippen molar-refractivity contribution in [3.8, 4) is 17.2 Å². The van der Waals surface area contributed by atoms with E-state index >= 15 is 0 Å². The molecule has 1 aliphatic rings. The second-order valence-electron chi connectivity index (χ2n) is 3.11. The zero-order chi connectivity index (χ0) is 10.7. The molecule has 1 heterocycles. The summed E-state index contributed by atoms with van der Waals surface area (Å²) in [5.41, 5.74) is 3.31. The summed E-state index contributed by atoms with van der Waals surface area (Å²) in [6, 6.07) is 3.28. The average Bonchev–Trinajstić information content (AvgIpc) is 2.28. The first-order valence-electron chi connectivity index (χ1n) is 4.69. The number of nitrogens with one attached hydrogen (secondary N) is 1. The summed E-state index contributed by atoms with van der Waals surface area (Å²) >= 11 is 0. The van der Waals surface area contributed by atoms with Crippen molar-refractivity contribution in [3.05, 3.63) is 17.7 Å². The molecule has 0 aromatic heterocycles. The molecule has 82 valence electrons. The Hall–Kier alpha value is -1.46. The molecule has 1 aromatic rings. The van der Waals surface area contributed by atoms with Gasteiger partial charge in [-0.05, 0) is 12.1 Å². The molecule has 0 saturated carbocycles. The van der Waals surface area contributed by atoms with E-state index < -0.39 is 0 Å². The molecular weight excluding hydrogens is 198 g/mol. The van der Waals surface area contributed by atoms with Crippen molar-refractivity contribution in [3.63, 3.8) is 0 Å². The number of ether oxygens (including phenoxy) is 2. The molecule has 0 atom stereocenters. The van der Waals surface area contributed by atoms with Crippen LogP contribution in [0.2, 0.25) is 0 Å². The lowest BCUT2D eigenvalue weighted by Crippen LogP contribution is -2.19. The van der Waals surface area contributed by atoms with Crippen LogP contribution in [0.25, 0.3) is 0 Å². The van der Waals surface area contributed by atoms with Gasteiger partial charge in [-0.15, -0.1) is 0 Å². The Morgan fingerprint density at radius 3 is 3.00 bits per heavy atom. The molecule has 0 saturated heterocycles. The van der Waals surface area contributed by atoms with Crippen molar-refractivity contribution in [2.24, 2.45) is 0 Å². The minimum Gasteiger partial charge on any atom is -0.507 e. The average molecular weight is 211 g/mol. The van der Waals surface area contributed by atoms with Crippen molar-refractivity contribution in [1.29, 1.82) is 0 Å². The van der Waals surface area contributed by atoms with Crippen molar-refractivity contribution < 1.29 is 19.4 Å². The number of hydroxylamine groups is 1. The van der Waals surface area contributed by atoms with Crippen LogP contribution in [0.3, 0.4) is 0 Å². The minimum atomic E-state index is 0.170. The van der Waals surface area contributed by atoms with E-state index in [2.05, 4.69) is 5.48 Å². The minimum absolute atomic E-state index is 0.170. The van der Waals surface area contributed by atoms with Crippen LogP contribution in [0.1, 0.15) is 5.56 Å². The van der Waals surface area contributed by atoms with E-state index in [0.29, 0.717) is 36.8 Å². The summed E-state index contributed by atoms with van der Waals surface area (Å²) in [4.78, 5) is 4.73. The highest BCUT2D eigenvalue weighted by Crippen LogP contribution is 2.38. The van der Waals surface area contributed by atoms with Gasteiger partial charge in [0.1, 0.15) is 19.0 Å². The molecule has 0 bridgehead atoms. The lowest BCUT2D eigenvalue weighted by atomic mass is 10.1. The van der Waals surface area contributed by atoms with Gasteiger partial charge in [-0.1, -0.05) is 0 Å². The van der Waals surface area contributed by atoms with Crippen LogP contribution in [-0.2, 0) is 11.4 Å². The fourth-order valence-electron chi connectivity index (χ4n) is 1.48. The maximum atomic E-state index is 9.66. The molecule has 0 radical (unpaired) electrons. The largest absolute Gasteiger partial charge is 0.507 e. The van der Waals surface area contributed by atoms with Gasteiger partial charge >= 0.3 is 0 Å². The molecule has 5 nitrogen and oxygen atoms in total. The first-order chi connectivity index (χ1) is 7.33. The summed E-state index contributed by atoms with van der Waals surface area (Å²) < 4.78 is 10.8. The molecule has 2 rings (SSSR count).